The van der Waals surface area contributed by atoms with Crippen LogP contribution >= 0.6 is 0 Å². The number of nitrogens with zero attached hydrogens (tertiary/aromatic N) is 2. The summed E-state index contributed by atoms with van der Waals surface area (Å²) in [7, 11) is 0. The molecule has 0 atom stereocenters. The van der Waals surface area contributed by atoms with Gasteiger partial charge in [0, 0.05) is 5.56 Å². The van der Waals surface area contributed by atoms with Gasteiger partial charge in [-0.15, -0.1) is 0 Å². The van der Waals surface area contributed by atoms with Crippen molar-refractivity contribution in [1.29, 1.82) is 0 Å². The van der Waals surface area contributed by atoms with Gasteiger partial charge in [0.25, 0.3) is 5.91 Å². The summed E-state index contributed by atoms with van der Waals surface area (Å²) in [5.74, 6) is -1.61. The normalized spacial score (nSPS) is 10.5. The molecule has 0 spiro atoms. The van der Waals surface area contributed by atoms with Gasteiger partial charge in [0.1, 0.15) is 0 Å². The van der Waals surface area contributed by atoms with Crippen molar-refractivity contribution < 1.29 is 19.9 Å². The van der Waals surface area contributed by atoms with Gasteiger partial charge in [-0.3, -0.25) is 10.0 Å². The van der Waals surface area contributed by atoms with Crippen LogP contribution in [0, 0.1) is 0 Å². The van der Waals surface area contributed by atoms with E-state index < -0.39 is 11.9 Å². The van der Waals surface area contributed by atoms with Crippen LogP contribution in [0.2, 0.25) is 0 Å². The first-order chi connectivity index (χ1) is 10.1. The van der Waals surface area contributed by atoms with Crippen LogP contribution in [-0.2, 0) is 0 Å². The zero-order valence-corrected chi connectivity index (χ0v) is 10.7. The van der Waals surface area contributed by atoms with E-state index in [1.807, 2.05) is 0 Å². The molecule has 2 rings (SSSR count). The summed E-state index contributed by atoms with van der Waals surface area (Å²) in [6.45, 7) is 0. The van der Waals surface area contributed by atoms with Crippen LogP contribution in [0.4, 0.5) is 11.4 Å². The van der Waals surface area contributed by atoms with Gasteiger partial charge in [-0.05, 0) is 48.5 Å². The molecule has 0 unspecified atom stereocenters. The van der Waals surface area contributed by atoms with Crippen molar-refractivity contribution in [3.63, 3.8) is 0 Å². The molecule has 2 aromatic carbocycles. The molecule has 7 nitrogen and oxygen atoms in total. The van der Waals surface area contributed by atoms with Crippen molar-refractivity contribution in [3.05, 3.63) is 59.7 Å². The number of carboxylic acids is 1. The third-order valence-corrected chi connectivity index (χ3v) is 2.63. The topological polar surface area (TPSA) is 111 Å². The Labute approximate surface area is 119 Å². The van der Waals surface area contributed by atoms with Crippen LogP contribution in [0.5, 0.6) is 0 Å². The van der Waals surface area contributed by atoms with E-state index in [1.54, 1.807) is 24.3 Å². The van der Waals surface area contributed by atoms with E-state index in [0.717, 1.165) is 0 Å². The monoisotopic (exact) mass is 285 g/mol. The molecular formula is C14H11N3O4. The highest BCUT2D eigenvalue weighted by Gasteiger charge is 2.03. The highest BCUT2D eigenvalue weighted by Crippen LogP contribution is 2.19. The van der Waals surface area contributed by atoms with E-state index in [-0.39, 0.29) is 5.56 Å². The fourth-order valence-electron chi connectivity index (χ4n) is 1.53. The number of carbonyl (C=O) groups excluding carboxylic acids is 1. The Bertz CT molecular complexity index is 678. The number of hydroxylamine groups is 1. The van der Waals surface area contributed by atoms with Crippen LogP contribution in [0.3, 0.4) is 0 Å². The van der Waals surface area contributed by atoms with E-state index in [4.69, 9.17) is 10.3 Å². The number of benzene rings is 2. The lowest BCUT2D eigenvalue weighted by molar-refractivity contribution is 0.0693. The fourth-order valence-corrected chi connectivity index (χ4v) is 1.53. The first-order valence-electron chi connectivity index (χ1n) is 5.90. The van der Waals surface area contributed by atoms with Crippen molar-refractivity contribution in [3.8, 4) is 0 Å². The predicted molar refractivity (Wildman–Crippen MR) is 73.3 cm³/mol. The van der Waals surface area contributed by atoms with Crippen molar-refractivity contribution in [2.75, 3.05) is 0 Å². The van der Waals surface area contributed by atoms with E-state index in [0.29, 0.717) is 16.9 Å². The van der Waals surface area contributed by atoms with Gasteiger partial charge >= 0.3 is 5.97 Å². The number of amides is 1. The standard InChI is InChI=1S/C14H11N3O4/c18-13(17-21)9-1-5-11(6-2-9)15-16-12-7-3-10(4-8-12)14(19)20/h1-8,21H,(H,17,18)(H,19,20). The molecule has 0 bridgehead atoms. The zero-order valence-electron chi connectivity index (χ0n) is 10.7. The summed E-state index contributed by atoms with van der Waals surface area (Å²) < 4.78 is 0. The highest BCUT2D eigenvalue weighted by molar-refractivity contribution is 5.93. The van der Waals surface area contributed by atoms with Crippen LogP contribution in [-0.4, -0.2) is 22.2 Å². The van der Waals surface area contributed by atoms with Gasteiger partial charge in [0.05, 0.1) is 16.9 Å². The average Bonchev–Trinajstić information content (AvgIpc) is 2.53. The number of nitrogens with one attached hydrogen (secondary N) is 1. The molecule has 3 N–H and O–H groups in total. The van der Waals surface area contributed by atoms with Crippen molar-refractivity contribution in [2.24, 2.45) is 10.2 Å². The van der Waals surface area contributed by atoms with E-state index in [9.17, 15) is 9.59 Å². The number of hydrogen-bond acceptors (Lipinski definition) is 5. The van der Waals surface area contributed by atoms with Gasteiger partial charge in [-0.2, -0.15) is 10.2 Å². The molecule has 106 valence electrons. The van der Waals surface area contributed by atoms with Gasteiger partial charge in [0.2, 0.25) is 0 Å². The second-order valence-corrected chi connectivity index (χ2v) is 4.04. The maximum atomic E-state index is 11.1. The predicted octanol–water partition coefficient (Wildman–Crippen LogP) is 2.92. The Morgan fingerprint density at radius 3 is 1.62 bits per heavy atom. The Hall–Kier alpha value is -3.06. The summed E-state index contributed by atoms with van der Waals surface area (Å²) in [5.41, 5.74) is 3.03. The average molecular weight is 285 g/mol. The molecule has 0 fully saturated rings. The molecule has 0 aliphatic carbocycles. The molecule has 1 amide bonds. The van der Waals surface area contributed by atoms with E-state index in [1.165, 1.54) is 29.7 Å². The number of azo groups is 1. The first-order valence-corrected chi connectivity index (χ1v) is 5.90. The number of hydrogen-bond donors (Lipinski definition) is 3. The van der Waals surface area contributed by atoms with Crippen LogP contribution in [0.15, 0.2) is 58.8 Å². The molecular weight excluding hydrogens is 274 g/mol. The first kappa shape index (κ1) is 14.4. The van der Waals surface area contributed by atoms with Gasteiger partial charge in [-0.1, -0.05) is 0 Å². The summed E-state index contributed by atoms with van der Waals surface area (Å²) >= 11 is 0. The van der Waals surface area contributed by atoms with Crippen molar-refractivity contribution in [1.82, 2.24) is 5.48 Å². The number of carboxylic acid groups (broad SMARTS) is 1. The highest BCUT2D eigenvalue weighted by atomic mass is 16.5. The fraction of sp³-hybridized carbons (Fsp3) is 0. The summed E-state index contributed by atoms with van der Waals surface area (Å²) in [6, 6.07) is 12.1. The summed E-state index contributed by atoms with van der Waals surface area (Å²) in [5, 5.41) is 25.2. The van der Waals surface area contributed by atoms with Gasteiger partial charge in [0.15, 0.2) is 0 Å². The SMILES string of the molecule is O=C(O)c1ccc(N=Nc2ccc(C(=O)NO)cc2)cc1. The molecule has 7 heteroatoms. The lowest BCUT2D eigenvalue weighted by atomic mass is 10.2. The second-order valence-electron chi connectivity index (χ2n) is 4.04. The van der Waals surface area contributed by atoms with Crippen molar-refractivity contribution >= 4 is 23.3 Å². The van der Waals surface area contributed by atoms with Crippen LogP contribution < -0.4 is 5.48 Å². The Balaban J connectivity index is 2.10. The van der Waals surface area contributed by atoms with E-state index >= 15 is 0 Å². The summed E-state index contributed by atoms with van der Waals surface area (Å²) in [6.07, 6.45) is 0. The van der Waals surface area contributed by atoms with Gasteiger partial charge in [-0.25, -0.2) is 10.3 Å². The quantitative estimate of drug-likeness (QED) is 0.455. The Morgan fingerprint density at radius 1 is 0.810 bits per heavy atom. The third kappa shape index (κ3) is 3.71. The molecule has 0 aliphatic rings. The lowest BCUT2D eigenvalue weighted by Crippen LogP contribution is -2.18. The molecule has 0 saturated carbocycles. The van der Waals surface area contributed by atoms with Crippen molar-refractivity contribution in [2.45, 2.75) is 0 Å². The number of rotatable bonds is 4. The molecule has 0 heterocycles. The molecule has 2 aromatic rings. The Kier molecular flexibility index (Phi) is 4.37. The lowest BCUT2D eigenvalue weighted by Gasteiger charge is -1.98. The third-order valence-electron chi connectivity index (χ3n) is 2.63. The molecule has 0 aliphatic heterocycles. The molecule has 21 heavy (non-hydrogen) atoms. The van der Waals surface area contributed by atoms with Crippen LogP contribution in [0.25, 0.3) is 0 Å². The maximum absolute atomic E-state index is 11.1. The largest absolute Gasteiger partial charge is 0.478 e. The molecule has 0 radical (unpaired) electrons. The van der Waals surface area contributed by atoms with Gasteiger partial charge < -0.3 is 5.11 Å². The minimum Gasteiger partial charge on any atom is -0.478 e. The minimum absolute atomic E-state index is 0.174. The summed E-state index contributed by atoms with van der Waals surface area (Å²) in [4.78, 5) is 21.8. The second kappa shape index (κ2) is 6.40. The number of aromatic carboxylic acids is 1. The molecule has 0 saturated heterocycles. The number of carbonyl (C=O) groups is 2. The zero-order chi connectivity index (χ0) is 15.2. The minimum atomic E-state index is -1.00. The maximum Gasteiger partial charge on any atom is 0.335 e. The Morgan fingerprint density at radius 2 is 1.24 bits per heavy atom. The molecule has 0 aromatic heterocycles. The van der Waals surface area contributed by atoms with Crippen LogP contribution in [0.1, 0.15) is 20.7 Å². The smallest absolute Gasteiger partial charge is 0.335 e. The van der Waals surface area contributed by atoms with E-state index in [2.05, 4.69) is 10.2 Å².